The van der Waals surface area contributed by atoms with Crippen molar-refractivity contribution in [2.45, 2.75) is 32.4 Å². The number of methoxy groups -OCH3 is 1. The second-order valence-electron chi connectivity index (χ2n) is 5.88. The Bertz CT molecular complexity index is 468. The lowest BCUT2D eigenvalue weighted by Gasteiger charge is -2.36. The molecule has 1 aliphatic heterocycles. The summed E-state index contributed by atoms with van der Waals surface area (Å²) in [5.41, 5.74) is 0.595. The highest BCUT2D eigenvalue weighted by atomic mass is 16.5. The third-order valence-corrected chi connectivity index (χ3v) is 3.70. The minimum atomic E-state index is -0.0859. The molecule has 0 aliphatic carbocycles. The molecule has 0 spiro atoms. The van der Waals surface area contributed by atoms with Gasteiger partial charge in [0.15, 0.2) is 0 Å². The van der Waals surface area contributed by atoms with Gasteiger partial charge >= 0.3 is 0 Å². The highest BCUT2D eigenvalue weighted by Gasteiger charge is 2.21. The van der Waals surface area contributed by atoms with E-state index in [1.165, 1.54) is 0 Å². The Balaban J connectivity index is 1.90. The van der Waals surface area contributed by atoms with Crippen molar-refractivity contribution in [2.24, 2.45) is 0 Å². The summed E-state index contributed by atoms with van der Waals surface area (Å²) < 4.78 is 4.96. The Hall–Kier alpha value is -1.66. The molecule has 1 aromatic heterocycles. The molecule has 1 amide bonds. The molecular weight excluding hydrogens is 280 g/mol. The van der Waals surface area contributed by atoms with Gasteiger partial charge in [-0.15, -0.1) is 0 Å². The molecule has 6 heteroatoms. The van der Waals surface area contributed by atoms with Crippen molar-refractivity contribution in [3.8, 4) is 0 Å². The predicted molar refractivity (Wildman–Crippen MR) is 87.3 cm³/mol. The molecule has 122 valence electrons. The van der Waals surface area contributed by atoms with E-state index in [2.05, 4.69) is 34.4 Å². The molecule has 2 atom stereocenters. The number of hydrogen-bond acceptors (Lipinski definition) is 5. The average molecular weight is 306 g/mol. The van der Waals surface area contributed by atoms with E-state index in [4.69, 9.17) is 4.74 Å². The van der Waals surface area contributed by atoms with Crippen LogP contribution < -0.4 is 15.5 Å². The highest BCUT2D eigenvalue weighted by Crippen LogP contribution is 2.15. The number of carbonyl (C=O) groups is 1. The number of amides is 1. The Kier molecular flexibility index (Phi) is 6.15. The van der Waals surface area contributed by atoms with Crippen LogP contribution in [0.4, 0.5) is 5.82 Å². The molecular formula is C16H26N4O2. The van der Waals surface area contributed by atoms with Crippen LogP contribution in [0.3, 0.4) is 0 Å². The first-order chi connectivity index (χ1) is 10.6. The SMILES string of the molecule is COCCCNC(=O)c1ccc(N2C[C@@H](C)N[C@@H](C)C2)nc1. The number of hydrogen-bond donors (Lipinski definition) is 2. The lowest BCUT2D eigenvalue weighted by molar-refractivity contribution is 0.0948. The molecule has 2 rings (SSSR count). The number of pyridine rings is 1. The van der Waals surface area contributed by atoms with Crippen molar-refractivity contribution in [3.63, 3.8) is 0 Å². The summed E-state index contributed by atoms with van der Waals surface area (Å²) in [5.74, 6) is 0.841. The van der Waals surface area contributed by atoms with Gasteiger partial charge in [0.1, 0.15) is 5.82 Å². The number of piperazine rings is 1. The third kappa shape index (κ3) is 4.68. The zero-order chi connectivity index (χ0) is 15.9. The maximum atomic E-state index is 12.0. The molecule has 0 aromatic carbocycles. The van der Waals surface area contributed by atoms with Gasteiger partial charge in [0.25, 0.3) is 5.91 Å². The fourth-order valence-electron chi connectivity index (χ4n) is 2.74. The maximum Gasteiger partial charge on any atom is 0.252 e. The smallest absolute Gasteiger partial charge is 0.252 e. The van der Waals surface area contributed by atoms with Crippen LogP contribution in [-0.2, 0) is 4.74 Å². The van der Waals surface area contributed by atoms with Crippen LogP contribution in [-0.4, -0.2) is 56.3 Å². The van der Waals surface area contributed by atoms with Crippen LogP contribution in [0.5, 0.6) is 0 Å². The maximum absolute atomic E-state index is 12.0. The number of ether oxygens (including phenoxy) is 1. The van der Waals surface area contributed by atoms with Gasteiger partial charge in [-0.25, -0.2) is 4.98 Å². The number of anilines is 1. The molecule has 1 aromatic rings. The zero-order valence-electron chi connectivity index (χ0n) is 13.6. The predicted octanol–water partition coefficient (Wildman–Crippen LogP) is 1.03. The number of carbonyl (C=O) groups excluding carboxylic acids is 1. The normalized spacial score (nSPS) is 21.7. The molecule has 0 unspecified atom stereocenters. The Morgan fingerprint density at radius 2 is 2.14 bits per heavy atom. The third-order valence-electron chi connectivity index (χ3n) is 3.70. The summed E-state index contributed by atoms with van der Waals surface area (Å²) in [5, 5.41) is 6.36. The van der Waals surface area contributed by atoms with Crippen LogP contribution in [0.2, 0.25) is 0 Å². The van der Waals surface area contributed by atoms with E-state index in [0.717, 1.165) is 25.3 Å². The fraction of sp³-hybridized carbons (Fsp3) is 0.625. The second kappa shape index (κ2) is 8.10. The number of nitrogens with one attached hydrogen (secondary N) is 2. The van der Waals surface area contributed by atoms with E-state index in [1.54, 1.807) is 13.3 Å². The van der Waals surface area contributed by atoms with Crippen molar-refractivity contribution < 1.29 is 9.53 Å². The number of rotatable bonds is 6. The van der Waals surface area contributed by atoms with Crippen molar-refractivity contribution in [3.05, 3.63) is 23.9 Å². The Morgan fingerprint density at radius 3 is 2.73 bits per heavy atom. The second-order valence-corrected chi connectivity index (χ2v) is 5.88. The zero-order valence-corrected chi connectivity index (χ0v) is 13.6. The number of nitrogens with zero attached hydrogens (tertiary/aromatic N) is 2. The van der Waals surface area contributed by atoms with Crippen LogP contribution in [0.1, 0.15) is 30.6 Å². The van der Waals surface area contributed by atoms with Gasteiger partial charge in [0.2, 0.25) is 0 Å². The molecule has 1 aliphatic rings. The van der Waals surface area contributed by atoms with E-state index in [0.29, 0.717) is 30.8 Å². The van der Waals surface area contributed by atoms with Crippen LogP contribution in [0, 0.1) is 0 Å². The van der Waals surface area contributed by atoms with Crippen LogP contribution in [0.15, 0.2) is 18.3 Å². The summed E-state index contributed by atoms with van der Waals surface area (Å²) >= 11 is 0. The fourth-order valence-corrected chi connectivity index (χ4v) is 2.74. The van der Waals surface area contributed by atoms with Crippen LogP contribution >= 0.6 is 0 Å². The topological polar surface area (TPSA) is 66.5 Å². The van der Waals surface area contributed by atoms with Gasteiger partial charge in [-0.05, 0) is 32.4 Å². The molecule has 2 N–H and O–H groups in total. The van der Waals surface area contributed by atoms with Gasteiger partial charge < -0.3 is 20.3 Å². The molecule has 0 radical (unpaired) electrons. The summed E-state index contributed by atoms with van der Waals surface area (Å²) in [4.78, 5) is 18.7. The first-order valence-corrected chi connectivity index (χ1v) is 7.84. The summed E-state index contributed by atoms with van der Waals surface area (Å²) in [6.45, 7) is 7.47. The van der Waals surface area contributed by atoms with E-state index in [1.807, 2.05) is 12.1 Å². The Labute approximate surface area is 132 Å². The van der Waals surface area contributed by atoms with E-state index in [-0.39, 0.29) is 5.91 Å². The summed E-state index contributed by atoms with van der Waals surface area (Å²) in [6.07, 6.45) is 2.46. The van der Waals surface area contributed by atoms with E-state index < -0.39 is 0 Å². The average Bonchev–Trinajstić information content (AvgIpc) is 2.50. The van der Waals surface area contributed by atoms with Crippen molar-refractivity contribution in [2.75, 3.05) is 38.3 Å². The van der Waals surface area contributed by atoms with Gasteiger partial charge in [-0.3, -0.25) is 4.79 Å². The van der Waals surface area contributed by atoms with Crippen molar-refractivity contribution in [1.82, 2.24) is 15.6 Å². The minimum absolute atomic E-state index is 0.0859. The van der Waals surface area contributed by atoms with Gasteiger partial charge in [-0.2, -0.15) is 0 Å². The van der Waals surface area contributed by atoms with Gasteiger partial charge in [0, 0.05) is 51.6 Å². The van der Waals surface area contributed by atoms with Gasteiger partial charge in [0.05, 0.1) is 5.56 Å². The Morgan fingerprint density at radius 1 is 1.41 bits per heavy atom. The lowest BCUT2D eigenvalue weighted by atomic mass is 10.1. The largest absolute Gasteiger partial charge is 0.385 e. The van der Waals surface area contributed by atoms with Gasteiger partial charge in [-0.1, -0.05) is 0 Å². The van der Waals surface area contributed by atoms with Crippen molar-refractivity contribution in [1.29, 1.82) is 0 Å². The molecule has 0 saturated carbocycles. The number of aromatic nitrogens is 1. The molecule has 0 bridgehead atoms. The summed E-state index contributed by atoms with van der Waals surface area (Å²) in [7, 11) is 1.66. The van der Waals surface area contributed by atoms with Crippen LogP contribution in [0.25, 0.3) is 0 Å². The van der Waals surface area contributed by atoms with E-state index >= 15 is 0 Å². The summed E-state index contributed by atoms with van der Waals surface area (Å²) in [6, 6.07) is 4.64. The molecule has 2 heterocycles. The standard InChI is InChI=1S/C16H26N4O2/c1-12-10-20(11-13(2)19-12)15-6-5-14(9-18-15)16(21)17-7-4-8-22-3/h5-6,9,12-13,19H,4,7-8,10-11H2,1-3H3,(H,17,21)/t12-,13+. The molecule has 6 nitrogen and oxygen atoms in total. The molecule has 22 heavy (non-hydrogen) atoms. The lowest BCUT2D eigenvalue weighted by Crippen LogP contribution is -2.54. The molecule has 1 fully saturated rings. The van der Waals surface area contributed by atoms with E-state index in [9.17, 15) is 4.79 Å². The molecule has 1 saturated heterocycles. The first kappa shape index (κ1) is 16.7. The quantitative estimate of drug-likeness (QED) is 0.769. The first-order valence-electron chi connectivity index (χ1n) is 7.84. The highest BCUT2D eigenvalue weighted by molar-refractivity contribution is 5.94. The van der Waals surface area contributed by atoms with Crippen molar-refractivity contribution >= 4 is 11.7 Å². The minimum Gasteiger partial charge on any atom is -0.385 e. The monoisotopic (exact) mass is 306 g/mol.